The predicted octanol–water partition coefficient (Wildman–Crippen LogP) is 0.534. The standard InChI is InChI=1S/C12H18N4O2/c1-3-5-10-12(18)16(8-11(17)14-10)9-6-13-15(4-2)7-9/h6-7,10H,3-5,8H2,1-2H3,(H,14,17). The summed E-state index contributed by atoms with van der Waals surface area (Å²) in [4.78, 5) is 25.4. The number of nitrogens with one attached hydrogen (secondary N) is 1. The molecular formula is C12H18N4O2. The average Bonchev–Trinajstić information content (AvgIpc) is 2.82. The molecule has 0 bridgehead atoms. The number of carbonyl (C=O) groups excluding carboxylic acids is 2. The quantitative estimate of drug-likeness (QED) is 0.847. The van der Waals surface area contributed by atoms with E-state index in [1.54, 1.807) is 17.1 Å². The third-order valence-electron chi connectivity index (χ3n) is 3.03. The molecule has 1 atom stereocenters. The van der Waals surface area contributed by atoms with Crippen LogP contribution in [-0.2, 0) is 16.1 Å². The van der Waals surface area contributed by atoms with Crippen molar-refractivity contribution in [3.8, 4) is 0 Å². The molecule has 1 fully saturated rings. The highest BCUT2D eigenvalue weighted by molar-refractivity contribution is 6.06. The maximum atomic E-state index is 12.2. The smallest absolute Gasteiger partial charge is 0.250 e. The number of aryl methyl sites for hydroxylation is 1. The molecule has 1 unspecified atom stereocenters. The molecule has 0 radical (unpaired) electrons. The summed E-state index contributed by atoms with van der Waals surface area (Å²) in [6.45, 7) is 4.79. The zero-order valence-electron chi connectivity index (χ0n) is 10.7. The Balaban J connectivity index is 2.20. The van der Waals surface area contributed by atoms with Crippen LogP contribution in [0.5, 0.6) is 0 Å². The van der Waals surface area contributed by atoms with Crippen molar-refractivity contribution in [3.05, 3.63) is 12.4 Å². The van der Waals surface area contributed by atoms with Crippen molar-refractivity contribution in [1.29, 1.82) is 0 Å². The number of amides is 2. The van der Waals surface area contributed by atoms with Gasteiger partial charge in [-0.15, -0.1) is 0 Å². The van der Waals surface area contributed by atoms with Crippen LogP contribution in [0.4, 0.5) is 5.69 Å². The first-order valence-corrected chi connectivity index (χ1v) is 6.29. The van der Waals surface area contributed by atoms with Gasteiger partial charge in [0, 0.05) is 12.7 Å². The lowest BCUT2D eigenvalue weighted by Crippen LogP contribution is -2.58. The summed E-state index contributed by atoms with van der Waals surface area (Å²) in [5, 5.41) is 6.86. The normalized spacial score (nSPS) is 20.1. The van der Waals surface area contributed by atoms with Gasteiger partial charge in [-0.05, 0) is 13.3 Å². The Morgan fingerprint density at radius 1 is 1.44 bits per heavy atom. The molecule has 0 saturated carbocycles. The molecule has 98 valence electrons. The van der Waals surface area contributed by atoms with Crippen LogP contribution in [0.15, 0.2) is 12.4 Å². The largest absolute Gasteiger partial charge is 0.343 e. The molecule has 6 nitrogen and oxygen atoms in total. The molecule has 1 aliphatic rings. The third-order valence-corrected chi connectivity index (χ3v) is 3.03. The molecule has 1 saturated heterocycles. The minimum atomic E-state index is -0.402. The molecule has 0 spiro atoms. The molecule has 1 aliphatic heterocycles. The molecular weight excluding hydrogens is 232 g/mol. The summed E-state index contributed by atoms with van der Waals surface area (Å²) in [7, 11) is 0. The molecule has 2 heterocycles. The van der Waals surface area contributed by atoms with E-state index in [0.29, 0.717) is 12.1 Å². The van der Waals surface area contributed by atoms with Gasteiger partial charge in [-0.25, -0.2) is 0 Å². The Labute approximate surface area is 106 Å². The van der Waals surface area contributed by atoms with Crippen molar-refractivity contribution in [3.63, 3.8) is 0 Å². The fraction of sp³-hybridized carbons (Fsp3) is 0.583. The van der Waals surface area contributed by atoms with Crippen molar-refractivity contribution in [2.24, 2.45) is 0 Å². The van der Waals surface area contributed by atoms with E-state index in [2.05, 4.69) is 10.4 Å². The Kier molecular flexibility index (Phi) is 3.64. The molecule has 0 aromatic carbocycles. The lowest BCUT2D eigenvalue weighted by molar-refractivity contribution is -0.131. The molecule has 1 aromatic heterocycles. The first-order valence-electron chi connectivity index (χ1n) is 6.29. The number of anilines is 1. The highest BCUT2D eigenvalue weighted by Crippen LogP contribution is 2.17. The minimum Gasteiger partial charge on any atom is -0.343 e. The molecule has 2 rings (SSSR count). The van der Waals surface area contributed by atoms with E-state index in [-0.39, 0.29) is 18.4 Å². The number of hydrogen-bond donors (Lipinski definition) is 1. The van der Waals surface area contributed by atoms with E-state index in [0.717, 1.165) is 13.0 Å². The lowest BCUT2D eigenvalue weighted by atomic mass is 10.1. The van der Waals surface area contributed by atoms with Crippen LogP contribution in [0.2, 0.25) is 0 Å². The summed E-state index contributed by atoms with van der Waals surface area (Å²) in [6.07, 6.45) is 4.95. The van der Waals surface area contributed by atoms with E-state index < -0.39 is 6.04 Å². The van der Waals surface area contributed by atoms with Crippen LogP contribution in [-0.4, -0.2) is 34.2 Å². The summed E-state index contributed by atoms with van der Waals surface area (Å²) >= 11 is 0. The Hall–Kier alpha value is -1.85. The number of nitrogens with zero attached hydrogens (tertiary/aromatic N) is 3. The van der Waals surface area contributed by atoms with Crippen LogP contribution in [0.25, 0.3) is 0 Å². The number of rotatable bonds is 4. The fourth-order valence-corrected chi connectivity index (χ4v) is 2.08. The summed E-state index contributed by atoms with van der Waals surface area (Å²) < 4.78 is 1.74. The van der Waals surface area contributed by atoms with Crippen molar-refractivity contribution in [2.45, 2.75) is 39.3 Å². The Morgan fingerprint density at radius 3 is 2.83 bits per heavy atom. The van der Waals surface area contributed by atoms with E-state index in [9.17, 15) is 9.59 Å². The highest BCUT2D eigenvalue weighted by Gasteiger charge is 2.33. The number of hydrogen-bond acceptors (Lipinski definition) is 3. The highest BCUT2D eigenvalue weighted by atomic mass is 16.2. The summed E-state index contributed by atoms with van der Waals surface area (Å²) in [5.41, 5.74) is 0.692. The zero-order chi connectivity index (χ0) is 13.1. The van der Waals surface area contributed by atoms with Crippen molar-refractivity contribution < 1.29 is 9.59 Å². The van der Waals surface area contributed by atoms with Crippen LogP contribution >= 0.6 is 0 Å². The Bertz CT molecular complexity index is 455. The number of aromatic nitrogens is 2. The van der Waals surface area contributed by atoms with Gasteiger partial charge in [-0.3, -0.25) is 19.2 Å². The van der Waals surface area contributed by atoms with Gasteiger partial charge >= 0.3 is 0 Å². The SMILES string of the molecule is CCCC1NC(=O)CN(c2cnn(CC)c2)C1=O. The van der Waals surface area contributed by atoms with E-state index in [1.165, 1.54) is 4.90 Å². The molecule has 1 aromatic rings. The molecule has 1 N–H and O–H groups in total. The maximum Gasteiger partial charge on any atom is 0.250 e. The average molecular weight is 250 g/mol. The first-order chi connectivity index (χ1) is 8.65. The van der Waals surface area contributed by atoms with Crippen LogP contribution in [0.3, 0.4) is 0 Å². The van der Waals surface area contributed by atoms with Gasteiger partial charge in [0.25, 0.3) is 0 Å². The maximum absolute atomic E-state index is 12.2. The topological polar surface area (TPSA) is 67.2 Å². The van der Waals surface area contributed by atoms with E-state index in [1.807, 2.05) is 13.8 Å². The lowest BCUT2D eigenvalue weighted by Gasteiger charge is -2.31. The van der Waals surface area contributed by atoms with Gasteiger partial charge < -0.3 is 5.32 Å². The second-order valence-corrected chi connectivity index (χ2v) is 4.39. The van der Waals surface area contributed by atoms with Gasteiger partial charge in [-0.1, -0.05) is 13.3 Å². The third kappa shape index (κ3) is 2.37. The molecule has 0 aliphatic carbocycles. The van der Waals surface area contributed by atoms with Gasteiger partial charge in [0.2, 0.25) is 11.8 Å². The van der Waals surface area contributed by atoms with Gasteiger partial charge in [0.05, 0.1) is 11.9 Å². The molecule has 6 heteroatoms. The van der Waals surface area contributed by atoms with Crippen LogP contribution < -0.4 is 10.2 Å². The van der Waals surface area contributed by atoms with Crippen molar-refractivity contribution in [1.82, 2.24) is 15.1 Å². The number of carbonyl (C=O) groups is 2. The second kappa shape index (κ2) is 5.20. The minimum absolute atomic E-state index is 0.0490. The van der Waals surface area contributed by atoms with Crippen LogP contribution in [0.1, 0.15) is 26.7 Å². The summed E-state index contributed by atoms with van der Waals surface area (Å²) in [5.74, 6) is -0.163. The van der Waals surface area contributed by atoms with E-state index in [4.69, 9.17) is 0 Å². The summed E-state index contributed by atoms with van der Waals surface area (Å²) in [6, 6.07) is -0.402. The first kappa shape index (κ1) is 12.6. The van der Waals surface area contributed by atoms with Crippen LogP contribution in [0, 0.1) is 0 Å². The monoisotopic (exact) mass is 250 g/mol. The van der Waals surface area contributed by atoms with Crippen molar-refractivity contribution in [2.75, 3.05) is 11.4 Å². The van der Waals surface area contributed by atoms with Gasteiger partial charge in [0.15, 0.2) is 0 Å². The van der Waals surface area contributed by atoms with Crippen molar-refractivity contribution >= 4 is 17.5 Å². The predicted molar refractivity (Wildman–Crippen MR) is 67.1 cm³/mol. The zero-order valence-corrected chi connectivity index (χ0v) is 10.7. The number of piperazine rings is 1. The second-order valence-electron chi connectivity index (χ2n) is 4.39. The Morgan fingerprint density at radius 2 is 2.22 bits per heavy atom. The van der Waals surface area contributed by atoms with Gasteiger partial charge in [-0.2, -0.15) is 5.10 Å². The van der Waals surface area contributed by atoms with E-state index >= 15 is 0 Å². The molecule has 2 amide bonds. The van der Waals surface area contributed by atoms with Gasteiger partial charge in [0.1, 0.15) is 12.6 Å². The molecule has 18 heavy (non-hydrogen) atoms. The fourth-order valence-electron chi connectivity index (χ4n) is 2.08.